The van der Waals surface area contributed by atoms with Gasteiger partial charge >= 0.3 is 0 Å². The second-order valence-corrected chi connectivity index (χ2v) is 8.48. The lowest BCUT2D eigenvalue weighted by atomic mass is 9.99. The second-order valence-electron chi connectivity index (χ2n) is 8.48. The van der Waals surface area contributed by atoms with E-state index in [1.807, 2.05) is 13.2 Å². The molecule has 0 bridgehead atoms. The van der Waals surface area contributed by atoms with Gasteiger partial charge in [-0.1, -0.05) is 13.8 Å². The zero-order valence-electron chi connectivity index (χ0n) is 17.2. The highest BCUT2D eigenvalue weighted by Crippen LogP contribution is 2.33. The van der Waals surface area contributed by atoms with Crippen molar-refractivity contribution in [1.29, 1.82) is 5.26 Å². The molecule has 8 heteroatoms. The van der Waals surface area contributed by atoms with Gasteiger partial charge in [-0.3, -0.25) is 9.48 Å². The summed E-state index contributed by atoms with van der Waals surface area (Å²) in [5, 5.41) is 13.6. The van der Waals surface area contributed by atoms with Crippen molar-refractivity contribution in [2.24, 2.45) is 18.9 Å². The highest BCUT2D eigenvalue weighted by molar-refractivity contribution is 5.81. The molecule has 0 unspecified atom stereocenters. The van der Waals surface area contributed by atoms with Crippen LogP contribution in [-0.2, 0) is 11.8 Å². The van der Waals surface area contributed by atoms with Crippen molar-refractivity contribution in [2.45, 2.75) is 39.2 Å². The van der Waals surface area contributed by atoms with Crippen molar-refractivity contribution in [3.63, 3.8) is 0 Å². The van der Waals surface area contributed by atoms with E-state index in [-0.39, 0.29) is 12.0 Å². The maximum atomic E-state index is 12.8. The van der Waals surface area contributed by atoms with E-state index in [0.717, 1.165) is 43.7 Å². The highest BCUT2D eigenvalue weighted by atomic mass is 16.2. The third-order valence-electron chi connectivity index (χ3n) is 5.60. The average molecular weight is 393 g/mol. The number of aromatic nitrogens is 4. The Balaban J connectivity index is 1.59. The second kappa shape index (κ2) is 7.82. The first kappa shape index (κ1) is 19.4. The largest absolute Gasteiger partial charge is 0.351 e. The predicted molar refractivity (Wildman–Crippen MR) is 109 cm³/mol. The number of hydrogen-bond donors (Lipinski definition) is 0. The van der Waals surface area contributed by atoms with E-state index in [1.54, 1.807) is 17.1 Å². The van der Waals surface area contributed by atoms with Crippen molar-refractivity contribution in [3.8, 4) is 17.3 Å². The topological polar surface area (TPSA) is 90.9 Å². The standard InChI is InChI=1S/C21H27N7O/c1-14(2)8-17-13-27(6-7-28(17)21(29)15-4-5-15)19-11-23-18(9-22)20(25-19)16-10-24-26(3)12-16/h10-12,14-15,17H,4-8,13H2,1-3H3/t17-/m1/s1. The van der Waals surface area contributed by atoms with Crippen LogP contribution in [-0.4, -0.2) is 56.2 Å². The molecule has 0 N–H and O–H groups in total. The molecule has 2 aromatic rings. The van der Waals surface area contributed by atoms with Crippen LogP contribution in [0.3, 0.4) is 0 Å². The minimum Gasteiger partial charge on any atom is -0.351 e. The van der Waals surface area contributed by atoms with Crippen molar-refractivity contribution in [2.75, 3.05) is 24.5 Å². The summed E-state index contributed by atoms with van der Waals surface area (Å²) in [5.41, 5.74) is 1.62. The molecule has 0 spiro atoms. The van der Waals surface area contributed by atoms with Crippen LogP contribution in [0.2, 0.25) is 0 Å². The summed E-state index contributed by atoms with van der Waals surface area (Å²) in [6.07, 6.45) is 8.23. The molecule has 2 fully saturated rings. The van der Waals surface area contributed by atoms with Crippen molar-refractivity contribution in [1.82, 2.24) is 24.6 Å². The monoisotopic (exact) mass is 393 g/mol. The quantitative estimate of drug-likeness (QED) is 0.774. The average Bonchev–Trinajstić information content (AvgIpc) is 3.47. The first-order chi connectivity index (χ1) is 14.0. The molecular formula is C21H27N7O. The number of anilines is 1. The maximum absolute atomic E-state index is 12.8. The zero-order chi connectivity index (χ0) is 20.5. The molecule has 152 valence electrons. The summed E-state index contributed by atoms with van der Waals surface area (Å²) in [7, 11) is 1.83. The summed E-state index contributed by atoms with van der Waals surface area (Å²) < 4.78 is 1.69. The highest BCUT2D eigenvalue weighted by Gasteiger charge is 2.39. The van der Waals surface area contributed by atoms with Gasteiger partial charge in [0, 0.05) is 50.4 Å². The Kier molecular flexibility index (Phi) is 5.22. The van der Waals surface area contributed by atoms with Gasteiger partial charge in [0.25, 0.3) is 0 Å². The number of piperazine rings is 1. The van der Waals surface area contributed by atoms with Crippen LogP contribution in [0.15, 0.2) is 18.6 Å². The molecule has 1 saturated carbocycles. The van der Waals surface area contributed by atoms with E-state index < -0.39 is 0 Å². The number of nitrogens with zero attached hydrogens (tertiary/aromatic N) is 7. The maximum Gasteiger partial charge on any atom is 0.226 e. The van der Waals surface area contributed by atoms with Crippen LogP contribution < -0.4 is 4.90 Å². The van der Waals surface area contributed by atoms with Gasteiger partial charge in [0.05, 0.1) is 12.4 Å². The zero-order valence-corrected chi connectivity index (χ0v) is 17.2. The summed E-state index contributed by atoms with van der Waals surface area (Å²) >= 11 is 0. The lowest BCUT2D eigenvalue weighted by Crippen LogP contribution is -2.56. The number of hydrogen-bond acceptors (Lipinski definition) is 6. The first-order valence-electron chi connectivity index (χ1n) is 10.3. The van der Waals surface area contributed by atoms with Gasteiger partial charge in [-0.2, -0.15) is 10.4 Å². The lowest BCUT2D eigenvalue weighted by Gasteiger charge is -2.42. The van der Waals surface area contributed by atoms with Crippen LogP contribution in [0, 0.1) is 23.2 Å². The third-order valence-corrected chi connectivity index (χ3v) is 5.60. The van der Waals surface area contributed by atoms with Crippen LogP contribution in [0.5, 0.6) is 0 Å². The number of rotatable bonds is 5. The van der Waals surface area contributed by atoms with E-state index in [2.05, 4.69) is 39.8 Å². The number of carbonyl (C=O) groups is 1. The molecule has 8 nitrogen and oxygen atoms in total. The summed E-state index contributed by atoms with van der Waals surface area (Å²) in [5.74, 6) is 1.81. The smallest absolute Gasteiger partial charge is 0.226 e. The van der Waals surface area contributed by atoms with Crippen molar-refractivity contribution < 1.29 is 4.79 Å². The fraction of sp³-hybridized carbons (Fsp3) is 0.571. The van der Waals surface area contributed by atoms with Gasteiger partial charge in [-0.05, 0) is 25.2 Å². The molecular weight excluding hydrogens is 366 g/mol. The molecule has 3 heterocycles. The number of carbonyl (C=O) groups excluding carboxylic acids is 1. The van der Waals surface area contributed by atoms with Crippen molar-refractivity contribution in [3.05, 3.63) is 24.3 Å². The molecule has 0 aromatic carbocycles. The van der Waals surface area contributed by atoms with E-state index in [1.165, 1.54) is 0 Å². The SMILES string of the molecule is CC(C)C[C@@H]1CN(c2cnc(C#N)c(-c3cnn(C)c3)n2)CCN1C(=O)C1CC1. The number of aryl methyl sites for hydroxylation is 1. The molecule has 2 aromatic heterocycles. The molecule has 2 aliphatic rings. The van der Waals surface area contributed by atoms with Gasteiger partial charge in [0.15, 0.2) is 5.69 Å². The minimum atomic E-state index is 0.177. The van der Waals surface area contributed by atoms with Crippen molar-refractivity contribution >= 4 is 11.7 Å². The van der Waals surface area contributed by atoms with Crippen LogP contribution >= 0.6 is 0 Å². The number of amides is 1. The van der Waals surface area contributed by atoms with E-state index in [9.17, 15) is 10.1 Å². The van der Waals surface area contributed by atoms with E-state index >= 15 is 0 Å². The lowest BCUT2D eigenvalue weighted by molar-refractivity contribution is -0.135. The molecule has 4 rings (SSSR count). The molecule has 0 radical (unpaired) electrons. The Morgan fingerprint density at radius 1 is 1.31 bits per heavy atom. The Bertz CT molecular complexity index is 941. The Labute approximate surface area is 171 Å². The van der Waals surface area contributed by atoms with Crippen LogP contribution in [0.1, 0.15) is 38.8 Å². The summed E-state index contributed by atoms with van der Waals surface area (Å²) in [6.45, 7) is 6.56. The predicted octanol–water partition coefficient (Wildman–Crippen LogP) is 2.22. The molecule has 1 aliphatic carbocycles. The van der Waals surface area contributed by atoms with Gasteiger partial charge in [0.1, 0.15) is 17.6 Å². The van der Waals surface area contributed by atoms with Gasteiger partial charge in [-0.25, -0.2) is 9.97 Å². The van der Waals surface area contributed by atoms with Gasteiger partial charge < -0.3 is 9.80 Å². The molecule has 1 aliphatic heterocycles. The van der Waals surface area contributed by atoms with E-state index in [0.29, 0.717) is 29.8 Å². The van der Waals surface area contributed by atoms with E-state index in [4.69, 9.17) is 4.98 Å². The van der Waals surface area contributed by atoms with Crippen LogP contribution in [0.25, 0.3) is 11.3 Å². The molecule has 29 heavy (non-hydrogen) atoms. The molecule has 1 atom stereocenters. The first-order valence-corrected chi connectivity index (χ1v) is 10.3. The third kappa shape index (κ3) is 4.09. The Hall–Kier alpha value is -2.95. The van der Waals surface area contributed by atoms with Gasteiger partial charge in [0.2, 0.25) is 5.91 Å². The Morgan fingerprint density at radius 2 is 2.10 bits per heavy atom. The van der Waals surface area contributed by atoms with Crippen LogP contribution in [0.4, 0.5) is 5.82 Å². The molecule has 1 amide bonds. The summed E-state index contributed by atoms with van der Waals surface area (Å²) in [6, 6.07) is 2.30. The Morgan fingerprint density at radius 3 is 2.72 bits per heavy atom. The number of nitriles is 1. The summed E-state index contributed by atoms with van der Waals surface area (Å²) in [4.78, 5) is 26.2. The molecule has 1 saturated heterocycles. The fourth-order valence-corrected chi connectivity index (χ4v) is 4.02. The minimum absolute atomic E-state index is 0.177. The normalized spacial score (nSPS) is 19.5. The fourth-order valence-electron chi connectivity index (χ4n) is 4.02. The van der Waals surface area contributed by atoms with Gasteiger partial charge in [-0.15, -0.1) is 0 Å².